The number of hydrogen-bond acceptors (Lipinski definition) is 3. The molecule has 0 bridgehead atoms. The van der Waals surface area contributed by atoms with Gasteiger partial charge in [-0.3, -0.25) is 9.59 Å². The van der Waals surface area contributed by atoms with Crippen LogP contribution in [0.3, 0.4) is 0 Å². The van der Waals surface area contributed by atoms with Crippen molar-refractivity contribution in [3.05, 3.63) is 46.3 Å². The van der Waals surface area contributed by atoms with Gasteiger partial charge in [-0.1, -0.05) is 24.3 Å². The number of fused-ring (bicyclic) bond motifs is 3. The van der Waals surface area contributed by atoms with E-state index in [1.165, 1.54) is 21.6 Å². The topological polar surface area (TPSA) is 66.4 Å². The van der Waals surface area contributed by atoms with Crippen LogP contribution in [0.25, 0.3) is 10.4 Å². The molecule has 1 aromatic heterocycles. The number of carboxylic acids is 1. The predicted octanol–water partition coefficient (Wildman–Crippen LogP) is 3.50. The average molecular weight is 341 g/mol. The molecule has 1 fully saturated rings. The molecule has 2 atom stereocenters. The quantitative estimate of drug-likeness (QED) is 0.898. The molecule has 5 heteroatoms. The van der Waals surface area contributed by atoms with Gasteiger partial charge in [0.05, 0.1) is 10.8 Å². The molecular formula is C19H19NO3S. The molecule has 1 amide bonds. The predicted molar refractivity (Wildman–Crippen MR) is 93.4 cm³/mol. The summed E-state index contributed by atoms with van der Waals surface area (Å²) in [5.41, 5.74) is 3.84. The number of carbonyl (C=O) groups is 2. The molecule has 1 heterocycles. The van der Waals surface area contributed by atoms with Crippen molar-refractivity contribution in [3.8, 4) is 10.4 Å². The zero-order chi connectivity index (χ0) is 16.7. The first kappa shape index (κ1) is 15.4. The SMILES string of the molecule is O=C(N[C@@H]1CC[C@H](C(=O)O)C1)c1cc2c(s1)-c1ccccc1CC2. The minimum atomic E-state index is -0.755. The van der Waals surface area contributed by atoms with Gasteiger partial charge in [0.15, 0.2) is 0 Å². The van der Waals surface area contributed by atoms with Gasteiger partial charge in [0, 0.05) is 10.9 Å². The summed E-state index contributed by atoms with van der Waals surface area (Å²) in [7, 11) is 0. The molecule has 24 heavy (non-hydrogen) atoms. The van der Waals surface area contributed by atoms with Gasteiger partial charge in [0.25, 0.3) is 5.91 Å². The average Bonchev–Trinajstić information content (AvgIpc) is 3.21. The highest BCUT2D eigenvalue weighted by atomic mass is 32.1. The number of rotatable bonds is 3. The van der Waals surface area contributed by atoms with Crippen molar-refractivity contribution in [1.82, 2.24) is 5.32 Å². The summed E-state index contributed by atoms with van der Waals surface area (Å²) in [5, 5.41) is 12.1. The number of aryl methyl sites for hydroxylation is 2. The summed E-state index contributed by atoms with van der Waals surface area (Å²) in [5.74, 6) is -1.14. The summed E-state index contributed by atoms with van der Waals surface area (Å²) in [4.78, 5) is 25.5. The Hall–Kier alpha value is -2.14. The number of hydrogen-bond donors (Lipinski definition) is 2. The Kier molecular flexibility index (Phi) is 3.88. The van der Waals surface area contributed by atoms with Gasteiger partial charge in [-0.25, -0.2) is 0 Å². The lowest BCUT2D eigenvalue weighted by atomic mass is 9.91. The van der Waals surface area contributed by atoms with Gasteiger partial charge < -0.3 is 10.4 Å². The van der Waals surface area contributed by atoms with Gasteiger partial charge in [-0.15, -0.1) is 11.3 Å². The van der Waals surface area contributed by atoms with Crippen molar-refractivity contribution in [2.75, 3.05) is 0 Å². The Balaban J connectivity index is 1.51. The molecule has 0 saturated heterocycles. The van der Waals surface area contributed by atoms with Crippen LogP contribution < -0.4 is 5.32 Å². The monoisotopic (exact) mass is 341 g/mol. The Bertz CT molecular complexity index is 811. The van der Waals surface area contributed by atoms with Gasteiger partial charge in [0.1, 0.15) is 0 Å². The number of nitrogens with one attached hydrogen (secondary N) is 1. The third kappa shape index (κ3) is 2.73. The number of aliphatic carboxylic acids is 1. The van der Waals surface area contributed by atoms with Crippen LogP contribution >= 0.6 is 11.3 Å². The fourth-order valence-corrected chi connectivity index (χ4v) is 4.95. The summed E-state index contributed by atoms with van der Waals surface area (Å²) >= 11 is 1.55. The lowest BCUT2D eigenvalue weighted by Crippen LogP contribution is -2.32. The highest BCUT2D eigenvalue weighted by Gasteiger charge is 2.31. The van der Waals surface area contributed by atoms with Crippen LogP contribution in [0.15, 0.2) is 30.3 Å². The number of amides is 1. The zero-order valence-electron chi connectivity index (χ0n) is 13.2. The van der Waals surface area contributed by atoms with Gasteiger partial charge in [-0.2, -0.15) is 0 Å². The molecule has 4 nitrogen and oxygen atoms in total. The van der Waals surface area contributed by atoms with Crippen molar-refractivity contribution in [3.63, 3.8) is 0 Å². The lowest BCUT2D eigenvalue weighted by Gasteiger charge is -2.15. The second-order valence-electron chi connectivity index (χ2n) is 6.64. The lowest BCUT2D eigenvalue weighted by molar-refractivity contribution is -0.141. The minimum absolute atomic E-state index is 0.0231. The third-order valence-electron chi connectivity index (χ3n) is 5.08. The van der Waals surface area contributed by atoms with Crippen molar-refractivity contribution in [2.45, 2.75) is 38.1 Å². The van der Waals surface area contributed by atoms with E-state index in [4.69, 9.17) is 5.11 Å². The van der Waals surface area contributed by atoms with E-state index < -0.39 is 5.97 Å². The molecular weight excluding hydrogens is 322 g/mol. The fraction of sp³-hybridized carbons (Fsp3) is 0.368. The van der Waals surface area contributed by atoms with Crippen LogP contribution in [0.2, 0.25) is 0 Å². The summed E-state index contributed by atoms with van der Waals surface area (Å²) in [6.07, 6.45) is 3.92. The third-order valence-corrected chi connectivity index (χ3v) is 6.28. The first-order valence-corrected chi connectivity index (χ1v) is 9.18. The van der Waals surface area contributed by atoms with E-state index >= 15 is 0 Å². The Morgan fingerprint density at radius 1 is 1.12 bits per heavy atom. The van der Waals surface area contributed by atoms with E-state index in [1.54, 1.807) is 11.3 Å². The maximum Gasteiger partial charge on any atom is 0.306 e. The highest BCUT2D eigenvalue weighted by Crippen LogP contribution is 2.39. The van der Waals surface area contributed by atoms with Gasteiger partial charge in [0.2, 0.25) is 0 Å². The zero-order valence-corrected chi connectivity index (χ0v) is 14.1. The van der Waals surface area contributed by atoms with E-state index in [0.717, 1.165) is 24.1 Å². The summed E-state index contributed by atoms with van der Waals surface area (Å²) in [6, 6.07) is 10.4. The fourth-order valence-electron chi connectivity index (χ4n) is 3.78. The van der Waals surface area contributed by atoms with E-state index in [9.17, 15) is 9.59 Å². The Labute approximate surface area is 144 Å². The first-order valence-electron chi connectivity index (χ1n) is 8.36. The van der Waals surface area contributed by atoms with E-state index in [2.05, 4.69) is 23.5 Å². The maximum atomic E-state index is 12.6. The Morgan fingerprint density at radius 2 is 1.92 bits per heavy atom. The minimum Gasteiger partial charge on any atom is -0.481 e. The summed E-state index contributed by atoms with van der Waals surface area (Å²) < 4.78 is 0. The van der Waals surface area contributed by atoms with Crippen LogP contribution in [0.4, 0.5) is 0 Å². The van der Waals surface area contributed by atoms with Crippen molar-refractivity contribution >= 4 is 23.2 Å². The van der Waals surface area contributed by atoms with Crippen molar-refractivity contribution in [1.29, 1.82) is 0 Å². The van der Waals surface area contributed by atoms with Crippen LogP contribution in [0.1, 0.15) is 40.1 Å². The molecule has 0 spiro atoms. The van der Waals surface area contributed by atoms with E-state index in [1.807, 2.05) is 12.1 Å². The molecule has 1 saturated carbocycles. The number of benzene rings is 1. The van der Waals surface area contributed by atoms with Crippen LogP contribution in [0.5, 0.6) is 0 Å². The molecule has 0 aliphatic heterocycles. The van der Waals surface area contributed by atoms with Crippen molar-refractivity contribution in [2.24, 2.45) is 5.92 Å². The van der Waals surface area contributed by atoms with Crippen LogP contribution in [0, 0.1) is 5.92 Å². The molecule has 124 valence electrons. The highest BCUT2D eigenvalue weighted by molar-refractivity contribution is 7.17. The standard InChI is InChI=1S/C19H19NO3S/c21-18(20-14-8-7-13(9-14)19(22)23)16-10-12-6-5-11-3-1-2-4-15(11)17(12)24-16/h1-4,10,13-14H,5-9H2,(H,20,21)(H,22,23)/t13-,14+/m0/s1. The molecule has 2 aromatic rings. The molecule has 2 aliphatic rings. The molecule has 1 aromatic carbocycles. The molecule has 2 N–H and O–H groups in total. The second kappa shape index (κ2) is 6.06. The summed E-state index contributed by atoms with van der Waals surface area (Å²) in [6.45, 7) is 0. The normalized spacial score (nSPS) is 21.8. The second-order valence-corrected chi connectivity index (χ2v) is 7.69. The smallest absolute Gasteiger partial charge is 0.306 e. The number of carbonyl (C=O) groups excluding carboxylic acids is 1. The molecule has 2 aliphatic carbocycles. The number of thiophene rings is 1. The largest absolute Gasteiger partial charge is 0.481 e. The van der Waals surface area contributed by atoms with E-state index in [-0.39, 0.29) is 17.9 Å². The molecule has 4 rings (SSSR count). The maximum absolute atomic E-state index is 12.6. The molecule has 0 radical (unpaired) electrons. The first-order chi connectivity index (χ1) is 11.6. The number of carboxylic acid groups (broad SMARTS) is 1. The van der Waals surface area contributed by atoms with Crippen LogP contribution in [-0.4, -0.2) is 23.0 Å². The molecule has 0 unspecified atom stereocenters. The van der Waals surface area contributed by atoms with Gasteiger partial charge in [-0.05, 0) is 54.9 Å². The van der Waals surface area contributed by atoms with Crippen LogP contribution in [-0.2, 0) is 17.6 Å². The van der Waals surface area contributed by atoms with Gasteiger partial charge >= 0.3 is 5.97 Å². The van der Waals surface area contributed by atoms with E-state index in [0.29, 0.717) is 12.8 Å². The Morgan fingerprint density at radius 3 is 2.71 bits per heavy atom. The van der Waals surface area contributed by atoms with Crippen molar-refractivity contribution < 1.29 is 14.7 Å².